The molecule has 3 aromatic rings. The molecule has 33 heavy (non-hydrogen) atoms. The van der Waals surface area contributed by atoms with Crippen molar-refractivity contribution in [3.8, 4) is 0 Å². The highest BCUT2D eigenvalue weighted by atomic mass is 16.3. The van der Waals surface area contributed by atoms with Gasteiger partial charge in [-0.2, -0.15) is 9.59 Å². The first kappa shape index (κ1) is 23.7. The Morgan fingerprint density at radius 3 is 2.36 bits per heavy atom. The van der Waals surface area contributed by atoms with Crippen LogP contribution in [0.25, 0.3) is 10.9 Å². The number of aliphatic hydroxyl groups is 1. The molecule has 0 fully saturated rings. The number of hydrogen-bond donors (Lipinski definition) is 2. The Morgan fingerprint density at radius 2 is 1.76 bits per heavy atom. The SMILES string of the molecule is CCc1ccc(C2C(C(C)=O)=C(O)C(=O)N2CCc2c(C)[nH]c3ccccc23)cc1.O=C=O. The van der Waals surface area contributed by atoms with Crippen LogP contribution in [0, 0.1) is 6.92 Å². The molecule has 0 saturated heterocycles. The van der Waals surface area contributed by atoms with Crippen LogP contribution in [0.4, 0.5) is 0 Å². The maximum absolute atomic E-state index is 12.9. The number of nitrogens with one attached hydrogen (secondary N) is 1. The molecule has 2 aromatic carbocycles. The van der Waals surface area contributed by atoms with Crippen molar-refractivity contribution in [2.45, 2.75) is 39.7 Å². The molecule has 1 aliphatic rings. The first-order chi connectivity index (χ1) is 15.8. The monoisotopic (exact) mass is 446 g/mol. The Morgan fingerprint density at radius 1 is 1.12 bits per heavy atom. The number of ketones is 1. The summed E-state index contributed by atoms with van der Waals surface area (Å²) in [5, 5.41) is 11.6. The number of aromatic nitrogens is 1. The van der Waals surface area contributed by atoms with Gasteiger partial charge in [0.25, 0.3) is 5.91 Å². The number of carbonyl (C=O) groups is 2. The van der Waals surface area contributed by atoms with Crippen LogP contribution >= 0.6 is 0 Å². The highest BCUT2D eigenvalue weighted by Gasteiger charge is 2.42. The van der Waals surface area contributed by atoms with Crippen molar-refractivity contribution < 1.29 is 24.3 Å². The molecular weight excluding hydrogens is 420 g/mol. The number of rotatable bonds is 6. The fourth-order valence-electron chi connectivity index (χ4n) is 4.42. The van der Waals surface area contributed by atoms with E-state index in [1.807, 2.05) is 49.4 Å². The molecule has 170 valence electrons. The number of benzene rings is 2. The Balaban J connectivity index is 0.000000968. The lowest BCUT2D eigenvalue weighted by Gasteiger charge is -2.27. The summed E-state index contributed by atoms with van der Waals surface area (Å²) in [6.07, 6.45) is 1.79. The van der Waals surface area contributed by atoms with E-state index in [0.29, 0.717) is 13.0 Å². The predicted molar refractivity (Wildman–Crippen MR) is 122 cm³/mol. The summed E-state index contributed by atoms with van der Waals surface area (Å²) in [4.78, 5) is 46.5. The zero-order chi connectivity index (χ0) is 24.1. The summed E-state index contributed by atoms with van der Waals surface area (Å²) in [5.41, 5.74) is 5.48. The van der Waals surface area contributed by atoms with Crippen molar-refractivity contribution in [1.82, 2.24) is 9.88 Å². The topological polar surface area (TPSA) is 108 Å². The van der Waals surface area contributed by atoms with E-state index < -0.39 is 17.7 Å². The Bertz CT molecular complexity index is 1250. The summed E-state index contributed by atoms with van der Waals surface area (Å²) in [7, 11) is 0. The number of nitrogens with zero attached hydrogens (tertiary/aromatic N) is 1. The summed E-state index contributed by atoms with van der Waals surface area (Å²) < 4.78 is 0. The van der Waals surface area contributed by atoms with Crippen LogP contribution in [-0.2, 0) is 32.0 Å². The maximum atomic E-state index is 12.9. The van der Waals surface area contributed by atoms with Crippen molar-refractivity contribution in [3.63, 3.8) is 0 Å². The van der Waals surface area contributed by atoms with E-state index in [1.165, 1.54) is 12.5 Å². The Labute approximate surface area is 191 Å². The van der Waals surface area contributed by atoms with Gasteiger partial charge in [-0.25, -0.2) is 0 Å². The minimum absolute atomic E-state index is 0.180. The number of hydrogen-bond acceptors (Lipinski definition) is 5. The van der Waals surface area contributed by atoms with Gasteiger partial charge in [0, 0.05) is 23.1 Å². The van der Waals surface area contributed by atoms with Crippen LogP contribution in [0.5, 0.6) is 0 Å². The zero-order valence-electron chi connectivity index (χ0n) is 18.8. The summed E-state index contributed by atoms with van der Waals surface area (Å²) >= 11 is 0. The van der Waals surface area contributed by atoms with Gasteiger partial charge in [-0.1, -0.05) is 49.4 Å². The van der Waals surface area contributed by atoms with Gasteiger partial charge in [-0.3, -0.25) is 9.59 Å². The van der Waals surface area contributed by atoms with Crippen LogP contribution in [0.3, 0.4) is 0 Å². The standard InChI is InChI=1S/C25H26N2O3.CO2/c1-4-17-9-11-18(12-10-17)23-22(16(3)28)24(29)25(30)27(23)14-13-19-15(2)26-21-8-6-5-7-20(19)21;2-1-3/h5-12,23,26,29H,4,13-14H2,1-3H3;. The summed E-state index contributed by atoms with van der Waals surface area (Å²) in [5.74, 6) is -1.19. The minimum atomic E-state index is -0.564. The second kappa shape index (κ2) is 10.1. The maximum Gasteiger partial charge on any atom is 0.373 e. The van der Waals surface area contributed by atoms with Crippen LogP contribution in [0.2, 0.25) is 0 Å². The molecule has 1 amide bonds. The number of aliphatic hydroxyl groups excluding tert-OH is 1. The van der Waals surface area contributed by atoms with E-state index in [4.69, 9.17) is 9.59 Å². The summed E-state index contributed by atoms with van der Waals surface area (Å²) in [6.45, 7) is 5.91. The van der Waals surface area contributed by atoms with E-state index in [9.17, 15) is 14.7 Å². The van der Waals surface area contributed by atoms with Crippen molar-refractivity contribution in [3.05, 3.63) is 82.2 Å². The predicted octanol–water partition coefficient (Wildman–Crippen LogP) is 3.98. The molecule has 2 heterocycles. The highest BCUT2D eigenvalue weighted by Crippen LogP contribution is 2.38. The van der Waals surface area contributed by atoms with E-state index in [1.54, 1.807) is 4.90 Å². The van der Waals surface area contributed by atoms with Gasteiger partial charge in [0.1, 0.15) is 0 Å². The van der Waals surface area contributed by atoms with Crippen LogP contribution in [-0.4, -0.2) is 39.4 Å². The second-order valence-corrected chi connectivity index (χ2v) is 7.92. The third kappa shape index (κ3) is 4.64. The molecule has 1 aromatic heterocycles. The number of amides is 1. The van der Waals surface area contributed by atoms with Crippen molar-refractivity contribution >= 4 is 28.7 Å². The van der Waals surface area contributed by atoms with Gasteiger partial charge in [-0.15, -0.1) is 0 Å². The van der Waals surface area contributed by atoms with Crippen LogP contribution in [0.1, 0.15) is 42.3 Å². The van der Waals surface area contributed by atoms with E-state index in [-0.39, 0.29) is 17.5 Å². The molecule has 1 unspecified atom stereocenters. The molecule has 0 bridgehead atoms. The lowest BCUT2D eigenvalue weighted by molar-refractivity contribution is -0.191. The molecule has 0 radical (unpaired) electrons. The molecule has 7 nitrogen and oxygen atoms in total. The van der Waals surface area contributed by atoms with E-state index in [2.05, 4.69) is 18.0 Å². The average Bonchev–Trinajstić information content (AvgIpc) is 3.25. The molecule has 7 heteroatoms. The molecule has 1 atom stereocenters. The van der Waals surface area contributed by atoms with Gasteiger partial charge < -0.3 is 15.0 Å². The average molecular weight is 447 g/mol. The number of fused-ring (bicyclic) bond motifs is 1. The first-order valence-corrected chi connectivity index (χ1v) is 10.7. The fraction of sp³-hybridized carbons (Fsp3) is 0.269. The number of aryl methyl sites for hydroxylation is 2. The van der Waals surface area contributed by atoms with Gasteiger partial charge in [0.15, 0.2) is 11.5 Å². The Kier molecular flexibility index (Phi) is 7.26. The molecular formula is C26H26N2O5. The minimum Gasteiger partial charge on any atom is -0.503 e. The molecule has 0 saturated carbocycles. The third-order valence-electron chi connectivity index (χ3n) is 6.02. The van der Waals surface area contributed by atoms with E-state index >= 15 is 0 Å². The third-order valence-corrected chi connectivity index (χ3v) is 6.02. The smallest absolute Gasteiger partial charge is 0.373 e. The zero-order valence-corrected chi connectivity index (χ0v) is 18.8. The quantitative estimate of drug-likeness (QED) is 0.595. The number of carbonyl (C=O) groups excluding carboxylic acids is 4. The van der Waals surface area contributed by atoms with Gasteiger partial charge in [0.05, 0.1) is 11.6 Å². The first-order valence-electron chi connectivity index (χ1n) is 10.7. The molecule has 2 N–H and O–H groups in total. The second-order valence-electron chi connectivity index (χ2n) is 7.92. The van der Waals surface area contributed by atoms with Crippen LogP contribution < -0.4 is 0 Å². The van der Waals surface area contributed by atoms with Crippen molar-refractivity contribution in [2.75, 3.05) is 6.54 Å². The lowest BCUT2D eigenvalue weighted by Crippen LogP contribution is -2.33. The lowest BCUT2D eigenvalue weighted by atomic mass is 9.95. The molecule has 0 spiro atoms. The number of Topliss-reactive ketones (excluding diaryl/α,β-unsaturated/α-hetero) is 1. The normalized spacial score (nSPS) is 15.4. The molecule has 4 rings (SSSR count). The number of aromatic amines is 1. The number of para-hydroxylation sites is 1. The van der Waals surface area contributed by atoms with Crippen molar-refractivity contribution in [1.29, 1.82) is 0 Å². The van der Waals surface area contributed by atoms with Gasteiger partial charge >= 0.3 is 6.15 Å². The largest absolute Gasteiger partial charge is 0.503 e. The Hall–Kier alpha value is -3.96. The number of H-pyrrole nitrogens is 1. The molecule has 0 aliphatic carbocycles. The summed E-state index contributed by atoms with van der Waals surface area (Å²) in [6, 6.07) is 15.4. The fourth-order valence-corrected chi connectivity index (χ4v) is 4.42. The van der Waals surface area contributed by atoms with Crippen LogP contribution in [0.15, 0.2) is 59.9 Å². The molecule has 1 aliphatic heterocycles. The van der Waals surface area contributed by atoms with Crippen molar-refractivity contribution in [2.24, 2.45) is 0 Å². The highest BCUT2D eigenvalue weighted by molar-refractivity contribution is 6.08. The van der Waals surface area contributed by atoms with Gasteiger partial charge in [-0.05, 0) is 49.4 Å². The van der Waals surface area contributed by atoms with Gasteiger partial charge in [0.2, 0.25) is 0 Å². The van der Waals surface area contributed by atoms with E-state index in [0.717, 1.165) is 34.1 Å².